The average molecular weight is 311 g/mol. The molecular formula is C15H19F2N3O2. The number of urea groups is 1. The lowest BCUT2D eigenvalue weighted by Crippen LogP contribution is -2.45. The van der Waals surface area contributed by atoms with Gasteiger partial charge in [-0.3, -0.25) is 4.79 Å². The number of hydrogen-bond acceptors (Lipinski definition) is 2. The fourth-order valence-electron chi connectivity index (χ4n) is 2.39. The van der Waals surface area contributed by atoms with Crippen molar-refractivity contribution in [3.8, 4) is 0 Å². The van der Waals surface area contributed by atoms with E-state index in [4.69, 9.17) is 0 Å². The highest BCUT2D eigenvalue weighted by Gasteiger charge is 2.36. The standard InChI is InChI=1S/C15H19F2N3O2/c1-15(2,3)20-8-10(7-13(20)21)18-14(22)19-12-5-4-9(16)6-11(12)17/h4-6,10H,7-8H2,1-3H3,(H2,18,19,22). The van der Waals surface area contributed by atoms with Crippen LogP contribution in [0.25, 0.3) is 0 Å². The van der Waals surface area contributed by atoms with Crippen LogP contribution in [0.3, 0.4) is 0 Å². The number of hydrogen-bond donors (Lipinski definition) is 2. The molecular weight excluding hydrogens is 292 g/mol. The molecule has 22 heavy (non-hydrogen) atoms. The highest BCUT2D eigenvalue weighted by molar-refractivity contribution is 5.90. The Morgan fingerprint density at radius 1 is 1.32 bits per heavy atom. The minimum Gasteiger partial charge on any atom is -0.336 e. The predicted molar refractivity (Wildman–Crippen MR) is 78.4 cm³/mol. The number of halogens is 2. The van der Waals surface area contributed by atoms with E-state index in [-0.39, 0.29) is 29.6 Å². The van der Waals surface area contributed by atoms with Crippen molar-refractivity contribution in [1.29, 1.82) is 0 Å². The molecule has 1 unspecified atom stereocenters. The number of carbonyl (C=O) groups excluding carboxylic acids is 2. The van der Waals surface area contributed by atoms with Gasteiger partial charge in [-0.25, -0.2) is 13.6 Å². The van der Waals surface area contributed by atoms with E-state index in [0.717, 1.165) is 12.1 Å². The fraction of sp³-hybridized carbons (Fsp3) is 0.467. The van der Waals surface area contributed by atoms with E-state index in [0.29, 0.717) is 12.6 Å². The summed E-state index contributed by atoms with van der Waals surface area (Å²) in [6.45, 7) is 6.16. The maximum atomic E-state index is 13.5. The predicted octanol–water partition coefficient (Wildman–Crippen LogP) is 2.49. The molecule has 7 heteroatoms. The second kappa shape index (κ2) is 5.90. The Balaban J connectivity index is 1.94. The molecule has 120 valence electrons. The van der Waals surface area contributed by atoms with Crippen LogP contribution in [0.1, 0.15) is 27.2 Å². The van der Waals surface area contributed by atoms with Crippen molar-refractivity contribution in [2.24, 2.45) is 0 Å². The molecule has 2 rings (SSSR count). The summed E-state index contributed by atoms with van der Waals surface area (Å²) in [5, 5.41) is 4.94. The first-order valence-electron chi connectivity index (χ1n) is 7.00. The Morgan fingerprint density at radius 3 is 2.55 bits per heavy atom. The quantitative estimate of drug-likeness (QED) is 0.881. The number of benzene rings is 1. The van der Waals surface area contributed by atoms with Crippen LogP contribution in [-0.4, -0.2) is 35.0 Å². The largest absolute Gasteiger partial charge is 0.336 e. The van der Waals surface area contributed by atoms with Crippen LogP contribution in [0.2, 0.25) is 0 Å². The lowest BCUT2D eigenvalue weighted by molar-refractivity contribution is -0.131. The Morgan fingerprint density at radius 2 is 2.00 bits per heavy atom. The number of nitrogens with one attached hydrogen (secondary N) is 2. The molecule has 0 aromatic heterocycles. The maximum absolute atomic E-state index is 13.5. The molecule has 1 atom stereocenters. The van der Waals surface area contributed by atoms with Crippen LogP contribution in [0.15, 0.2) is 18.2 Å². The SMILES string of the molecule is CC(C)(C)N1CC(NC(=O)Nc2ccc(F)cc2F)CC1=O. The molecule has 1 aliphatic heterocycles. The minimum atomic E-state index is -0.853. The number of anilines is 1. The fourth-order valence-corrected chi connectivity index (χ4v) is 2.39. The third kappa shape index (κ3) is 3.72. The van der Waals surface area contributed by atoms with E-state index >= 15 is 0 Å². The number of carbonyl (C=O) groups is 2. The van der Waals surface area contributed by atoms with Crippen LogP contribution in [0.5, 0.6) is 0 Å². The third-order valence-corrected chi connectivity index (χ3v) is 3.45. The smallest absolute Gasteiger partial charge is 0.319 e. The van der Waals surface area contributed by atoms with Crippen molar-refractivity contribution in [2.75, 3.05) is 11.9 Å². The van der Waals surface area contributed by atoms with Crippen LogP contribution < -0.4 is 10.6 Å². The van der Waals surface area contributed by atoms with Crippen molar-refractivity contribution in [2.45, 2.75) is 38.8 Å². The molecule has 0 radical (unpaired) electrons. The second-order valence-corrected chi connectivity index (χ2v) is 6.30. The monoisotopic (exact) mass is 311 g/mol. The Hall–Kier alpha value is -2.18. The van der Waals surface area contributed by atoms with Gasteiger partial charge in [-0.1, -0.05) is 0 Å². The van der Waals surface area contributed by atoms with Gasteiger partial charge in [0.15, 0.2) is 0 Å². The maximum Gasteiger partial charge on any atom is 0.319 e. The lowest BCUT2D eigenvalue weighted by Gasteiger charge is -2.32. The van der Waals surface area contributed by atoms with Crippen LogP contribution >= 0.6 is 0 Å². The summed E-state index contributed by atoms with van der Waals surface area (Å²) in [6, 6.07) is 1.93. The van der Waals surface area contributed by atoms with Crippen molar-refractivity contribution in [1.82, 2.24) is 10.2 Å². The average Bonchev–Trinajstić information content (AvgIpc) is 2.73. The topological polar surface area (TPSA) is 61.4 Å². The molecule has 1 aromatic rings. The van der Waals surface area contributed by atoms with Gasteiger partial charge in [0.05, 0.1) is 11.7 Å². The number of likely N-dealkylation sites (tertiary alicyclic amines) is 1. The van der Waals surface area contributed by atoms with Crippen molar-refractivity contribution in [3.05, 3.63) is 29.8 Å². The summed E-state index contributed by atoms with van der Waals surface area (Å²) in [6.07, 6.45) is 0.205. The highest BCUT2D eigenvalue weighted by atomic mass is 19.1. The van der Waals surface area contributed by atoms with Gasteiger partial charge in [-0.2, -0.15) is 0 Å². The summed E-state index contributed by atoms with van der Waals surface area (Å²) >= 11 is 0. The van der Waals surface area contributed by atoms with Gasteiger partial charge in [0.1, 0.15) is 11.6 Å². The number of rotatable bonds is 2. The van der Waals surface area contributed by atoms with Gasteiger partial charge in [-0.05, 0) is 32.9 Å². The second-order valence-electron chi connectivity index (χ2n) is 6.30. The van der Waals surface area contributed by atoms with Gasteiger partial charge < -0.3 is 15.5 Å². The summed E-state index contributed by atoms with van der Waals surface area (Å²) in [5.74, 6) is -1.61. The highest BCUT2D eigenvalue weighted by Crippen LogP contribution is 2.22. The molecule has 0 saturated carbocycles. The van der Waals surface area contributed by atoms with Gasteiger partial charge in [0.25, 0.3) is 0 Å². The van der Waals surface area contributed by atoms with Gasteiger partial charge in [0, 0.05) is 24.6 Å². The summed E-state index contributed by atoms with van der Waals surface area (Å²) in [5.41, 5.74) is -0.427. The first-order valence-corrected chi connectivity index (χ1v) is 7.00. The molecule has 1 aliphatic rings. The van der Waals surface area contributed by atoms with E-state index in [1.807, 2.05) is 20.8 Å². The molecule has 1 fully saturated rings. The molecule has 5 nitrogen and oxygen atoms in total. The van der Waals surface area contributed by atoms with Crippen LogP contribution in [-0.2, 0) is 4.79 Å². The van der Waals surface area contributed by atoms with E-state index < -0.39 is 17.7 Å². The first-order chi connectivity index (χ1) is 10.2. The zero-order valence-electron chi connectivity index (χ0n) is 12.7. The van der Waals surface area contributed by atoms with Crippen molar-refractivity contribution in [3.63, 3.8) is 0 Å². The van der Waals surface area contributed by atoms with Gasteiger partial charge >= 0.3 is 6.03 Å². The summed E-state index contributed by atoms with van der Waals surface area (Å²) in [7, 11) is 0. The van der Waals surface area contributed by atoms with Gasteiger partial charge in [-0.15, -0.1) is 0 Å². The van der Waals surface area contributed by atoms with Crippen molar-refractivity contribution < 1.29 is 18.4 Å². The zero-order chi connectivity index (χ0) is 16.5. The van der Waals surface area contributed by atoms with Crippen molar-refractivity contribution >= 4 is 17.6 Å². The van der Waals surface area contributed by atoms with E-state index in [1.54, 1.807) is 4.90 Å². The molecule has 0 spiro atoms. The first kappa shape index (κ1) is 16.2. The minimum absolute atomic E-state index is 0.0363. The third-order valence-electron chi connectivity index (χ3n) is 3.45. The molecule has 1 saturated heterocycles. The molecule has 1 aromatic carbocycles. The Kier molecular flexibility index (Phi) is 4.35. The van der Waals surface area contributed by atoms with E-state index in [9.17, 15) is 18.4 Å². The zero-order valence-corrected chi connectivity index (χ0v) is 12.7. The van der Waals surface area contributed by atoms with Gasteiger partial charge in [0.2, 0.25) is 5.91 Å². The van der Waals surface area contributed by atoms with E-state index in [2.05, 4.69) is 10.6 Å². The normalized spacial score (nSPS) is 18.5. The molecule has 3 amide bonds. The van der Waals surface area contributed by atoms with Crippen LogP contribution in [0.4, 0.5) is 19.3 Å². The Bertz CT molecular complexity index is 599. The number of nitrogens with zero attached hydrogens (tertiary/aromatic N) is 1. The Labute approximate surface area is 127 Å². The number of amides is 3. The molecule has 2 N–H and O–H groups in total. The molecule has 1 heterocycles. The molecule has 0 bridgehead atoms. The summed E-state index contributed by atoms with van der Waals surface area (Å²) < 4.78 is 26.3. The van der Waals surface area contributed by atoms with E-state index in [1.165, 1.54) is 0 Å². The summed E-state index contributed by atoms with van der Waals surface area (Å²) in [4.78, 5) is 25.5. The van der Waals surface area contributed by atoms with Crippen LogP contribution in [0, 0.1) is 11.6 Å². The molecule has 0 aliphatic carbocycles. The lowest BCUT2D eigenvalue weighted by atomic mass is 10.1.